The van der Waals surface area contributed by atoms with Crippen molar-refractivity contribution in [3.05, 3.63) is 270 Å². The number of aromatic nitrogens is 3. The molecule has 2 aliphatic carbocycles. The predicted octanol–water partition coefficient (Wildman–Crippen LogP) is 16.6. The molecule has 3 atom stereocenters. The standard InChI is InChI=1S/C56H45N2.C11H8N.Ir/c1-3-38(32-37(2)39-25-28-46(29-26-39)58-54-17-8-5-13-49(54)50-14-6-9-18-55(50)58)40-19-21-41(22-20-40)42-27-30-48-47-12-4-7-15-51(47)56(52(48)34-42)35-44-24-23-43(33-45(44)36-56)53-16-10-11-31-57-53;1-2-6-10(7-3-1)11-8-4-5-9-12-11;/h4-22,24-31,33-34,37-38H,3,32,35-36H2,1-2H3;1-6,8-9H;/q2*-1;. The minimum absolute atomic E-state index is 0. The molecular formula is C67H53IrN3-2. The summed E-state index contributed by atoms with van der Waals surface area (Å²) >= 11 is 0. The van der Waals surface area contributed by atoms with Gasteiger partial charge in [0.25, 0.3) is 0 Å². The summed E-state index contributed by atoms with van der Waals surface area (Å²) in [5.74, 6) is 0.933. The first kappa shape index (κ1) is 45.9. The van der Waals surface area contributed by atoms with Gasteiger partial charge >= 0.3 is 0 Å². The molecule has 4 heteroatoms. The molecule has 0 saturated carbocycles. The van der Waals surface area contributed by atoms with Crippen LogP contribution in [0.3, 0.4) is 0 Å². The van der Waals surface area contributed by atoms with Crippen LogP contribution in [0.4, 0.5) is 0 Å². The van der Waals surface area contributed by atoms with Crippen LogP contribution in [0.1, 0.15) is 71.9 Å². The predicted molar refractivity (Wildman–Crippen MR) is 289 cm³/mol. The molecule has 0 saturated heterocycles. The molecule has 1 spiro atoms. The summed E-state index contributed by atoms with van der Waals surface area (Å²) in [4.78, 5) is 8.84. The molecule has 3 heterocycles. The fourth-order valence-electron chi connectivity index (χ4n) is 11.6. The molecule has 11 aromatic rings. The van der Waals surface area contributed by atoms with Crippen molar-refractivity contribution >= 4 is 21.8 Å². The fourth-order valence-corrected chi connectivity index (χ4v) is 11.6. The number of nitrogens with zero attached hydrogens (tertiary/aromatic N) is 3. The quantitative estimate of drug-likeness (QED) is 0.135. The van der Waals surface area contributed by atoms with E-state index in [1.807, 2.05) is 54.7 Å². The van der Waals surface area contributed by atoms with Gasteiger partial charge in [0, 0.05) is 54.4 Å². The number of para-hydroxylation sites is 2. The Labute approximate surface area is 431 Å². The Morgan fingerprint density at radius 1 is 0.535 bits per heavy atom. The normalized spacial score (nSPS) is 15.0. The van der Waals surface area contributed by atoms with Gasteiger partial charge in [0.2, 0.25) is 0 Å². The van der Waals surface area contributed by atoms with Crippen LogP contribution in [0.5, 0.6) is 0 Å². The van der Waals surface area contributed by atoms with Crippen molar-refractivity contribution in [2.24, 2.45) is 0 Å². The van der Waals surface area contributed by atoms with Gasteiger partial charge < -0.3 is 14.5 Å². The minimum Gasteiger partial charge on any atom is -0.309 e. The summed E-state index contributed by atoms with van der Waals surface area (Å²) in [6.45, 7) is 4.73. The van der Waals surface area contributed by atoms with Crippen molar-refractivity contribution in [2.75, 3.05) is 0 Å². The smallest absolute Gasteiger partial charge is 0.0541 e. The molecule has 2 aliphatic rings. The van der Waals surface area contributed by atoms with Crippen LogP contribution < -0.4 is 0 Å². The molecule has 71 heavy (non-hydrogen) atoms. The Morgan fingerprint density at radius 3 is 1.82 bits per heavy atom. The summed E-state index contributed by atoms with van der Waals surface area (Å²) in [5, 5.41) is 2.60. The van der Waals surface area contributed by atoms with Crippen molar-refractivity contribution in [3.8, 4) is 50.5 Å². The topological polar surface area (TPSA) is 30.7 Å². The zero-order valence-electron chi connectivity index (χ0n) is 40.0. The molecule has 0 aliphatic heterocycles. The Hall–Kier alpha value is -7.49. The molecular weight excluding hydrogens is 1040 g/mol. The molecule has 1 radical (unpaired) electrons. The molecule has 0 bridgehead atoms. The van der Waals surface area contributed by atoms with Crippen molar-refractivity contribution in [1.29, 1.82) is 0 Å². The van der Waals surface area contributed by atoms with Crippen LogP contribution in [0.25, 0.3) is 72.3 Å². The summed E-state index contributed by atoms with van der Waals surface area (Å²) in [6, 6.07) is 83.6. The van der Waals surface area contributed by atoms with Gasteiger partial charge in [-0.3, -0.25) is 0 Å². The second kappa shape index (κ2) is 19.7. The monoisotopic (exact) mass is 1090 g/mol. The number of pyridine rings is 2. The van der Waals surface area contributed by atoms with Gasteiger partial charge in [0.05, 0.1) is 11.0 Å². The third kappa shape index (κ3) is 8.56. The zero-order chi connectivity index (χ0) is 47.0. The zero-order valence-corrected chi connectivity index (χ0v) is 42.4. The number of hydrogen-bond acceptors (Lipinski definition) is 2. The molecule has 13 rings (SSSR count). The molecule has 3 unspecified atom stereocenters. The molecule has 347 valence electrons. The SMILES string of the molecule is CCC(CC(C)c1ccc(-n2c3ccccc3c3ccccc32)cc1)c1ccc(-c2ccc3c(c2)C2(Cc4c[c-]c(-c5ccccn5)cc4C2)c2ccccc2-3)cc1.[Ir].[c-]1ccccc1-c1ccccn1. The molecule has 0 N–H and O–H groups in total. The van der Waals surface area contributed by atoms with Gasteiger partial charge in [-0.25, -0.2) is 0 Å². The maximum Gasteiger partial charge on any atom is 0.0541 e. The van der Waals surface area contributed by atoms with Gasteiger partial charge in [-0.05, 0) is 136 Å². The molecule has 3 aromatic heterocycles. The third-order valence-electron chi connectivity index (χ3n) is 15.1. The van der Waals surface area contributed by atoms with E-state index in [0.29, 0.717) is 11.8 Å². The average Bonchev–Trinajstić information content (AvgIpc) is 4.08. The van der Waals surface area contributed by atoms with E-state index in [4.69, 9.17) is 0 Å². The van der Waals surface area contributed by atoms with Crippen molar-refractivity contribution in [1.82, 2.24) is 14.5 Å². The Morgan fingerprint density at radius 2 is 1.14 bits per heavy atom. The largest absolute Gasteiger partial charge is 0.309 e. The first-order valence-corrected chi connectivity index (χ1v) is 24.8. The second-order valence-electron chi connectivity index (χ2n) is 19.2. The van der Waals surface area contributed by atoms with Crippen molar-refractivity contribution < 1.29 is 20.1 Å². The van der Waals surface area contributed by atoms with Gasteiger partial charge in [-0.1, -0.05) is 147 Å². The van der Waals surface area contributed by atoms with Gasteiger partial charge in [0.15, 0.2) is 0 Å². The van der Waals surface area contributed by atoms with E-state index in [2.05, 4.69) is 204 Å². The van der Waals surface area contributed by atoms with Crippen LogP contribution in [-0.2, 0) is 38.4 Å². The van der Waals surface area contributed by atoms with Crippen LogP contribution in [0, 0.1) is 12.1 Å². The minimum atomic E-state index is -0.0775. The third-order valence-corrected chi connectivity index (χ3v) is 15.1. The molecule has 0 fully saturated rings. The van der Waals surface area contributed by atoms with Crippen molar-refractivity contribution in [2.45, 2.75) is 56.8 Å². The summed E-state index contributed by atoms with van der Waals surface area (Å²) in [5.41, 5.74) is 21.6. The average molecular weight is 1090 g/mol. The molecule has 0 amide bonds. The molecule has 3 nitrogen and oxygen atoms in total. The Balaban J connectivity index is 0.000000368. The van der Waals surface area contributed by atoms with E-state index in [1.165, 1.54) is 83.1 Å². The summed E-state index contributed by atoms with van der Waals surface area (Å²) < 4.78 is 2.40. The van der Waals surface area contributed by atoms with Gasteiger partial charge in [-0.2, -0.15) is 0 Å². The number of benzene rings is 8. The maximum absolute atomic E-state index is 4.62. The second-order valence-corrected chi connectivity index (χ2v) is 19.2. The first-order chi connectivity index (χ1) is 34.5. The number of rotatable bonds is 9. The van der Waals surface area contributed by atoms with Crippen LogP contribution in [-0.4, -0.2) is 14.5 Å². The number of fused-ring (bicyclic) bond motifs is 9. The van der Waals surface area contributed by atoms with Gasteiger partial charge in [-0.15, -0.1) is 70.8 Å². The van der Waals surface area contributed by atoms with Gasteiger partial charge in [0.1, 0.15) is 0 Å². The first-order valence-electron chi connectivity index (χ1n) is 24.8. The van der Waals surface area contributed by atoms with E-state index in [0.717, 1.165) is 48.2 Å². The van der Waals surface area contributed by atoms with Crippen LogP contribution in [0.2, 0.25) is 0 Å². The van der Waals surface area contributed by atoms with Crippen LogP contribution in [0.15, 0.2) is 225 Å². The fraction of sp³-hybridized carbons (Fsp3) is 0.134. The summed E-state index contributed by atoms with van der Waals surface area (Å²) in [7, 11) is 0. The van der Waals surface area contributed by atoms with E-state index < -0.39 is 0 Å². The Kier molecular flexibility index (Phi) is 12.8. The van der Waals surface area contributed by atoms with E-state index in [9.17, 15) is 0 Å². The van der Waals surface area contributed by atoms with Crippen LogP contribution >= 0.6 is 0 Å². The number of hydrogen-bond donors (Lipinski definition) is 0. The molecule has 8 aromatic carbocycles. The Bertz CT molecular complexity index is 3530. The summed E-state index contributed by atoms with van der Waals surface area (Å²) in [6.07, 6.45) is 7.87. The maximum atomic E-state index is 4.62. The van der Waals surface area contributed by atoms with Crippen molar-refractivity contribution in [3.63, 3.8) is 0 Å². The van der Waals surface area contributed by atoms with E-state index in [1.54, 1.807) is 6.20 Å². The van der Waals surface area contributed by atoms with E-state index >= 15 is 0 Å². The van der Waals surface area contributed by atoms with E-state index in [-0.39, 0.29) is 25.5 Å².